The van der Waals surface area contributed by atoms with Crippen LogP contribution < -0.4 is 18.6 Å². The van der Waals surface area contributed by atoms with E-state index in [1.54, 1.807) is 0 Å². The highest BCUT2D eigenvalue weighted by Gasteiger charge is 2.20. The summed E-state index contributed by atoms with van der Waals surface area (Å²) in [4.78, 5) is 0. The van der Waals surface area contributed by atoms with Crippen LogP contribution in [0.5, 0.6) is 0 Å². The van der Waals surface area contributed by atoms with Gasteiger partial charge in [-0.15, -0.1) is 10.2 Å². The van der Waals surface area contributed by atoms with Crippen LogP contribution in [-0.2, 0) is 0 Å². The van der Waals surface area contributed by atoms with Crippen molar-refractivity contribution in [3.05, 3.63) is 102 Å². The summed E-state index contributed by atoms with van der Waals surface area (Å²) in [6.45, 7) is 6.31. The van der Waals surface area contributed by atoms with Gasteiger partial charge in [0.1, 0.15) is 0 Å². The smallest absolute Gasteiger partial charge is 0.222 e. The molecule has 164 valence electrons. The molecule has 0 amide bonds. The van der Waals surface area contributed by atoms with Crippen LogP contribution in [0.3, 0.4) is 0 Å². The summed E-state index contributed by atoms with van der Waals surface area (Å²) >= 11 is 0. The summed E-state index contributed by atoms with van der Waals surface area (Å²) in [7, 11) is -4.94. The molecule has 0 fully saturated rings. The Labute approximate surface area is 189 Å². The third-order valence-electron chi connectivity index (χ3n) is 4.85. The van der Waals surface area contributed by atoms with E-state index in [-0.39, 0.29) is 0 Å². The van der Waals surface area contributed by atoms with Crippen LogP contribution in [-0.4, -0.2) is 0 Å². The van der Waals surface area contributed by atoms with Crippen molar-refractivity contribution in [1.29, 1.82) is 0 Å². The molecule has 0 atom stereocenters. The van der Waals surface area contributed by atoms with Crippen molar-refractivity contribution < 1.29 is 33.3 Å². The second kappa shape index (κ2) is 10.0. The largest absolute Gasteiger partial charge is 0.361 e. The van der Waals surface area contributed by atoms with E-state index in [1.807, 2.05) is 0 Å². The lowest BCUT2D eigenvalue weighted by Gasteiger charge is -2.17. The molecule has 0 N–H and O–H groups in total. The van der Waals surface area contributed by atoms with Gasteiger partial charge in [-0.25, -0.2) is 23.1 Å². The van der Waals surface area contributed by atoms with Crippen molar-refractivity contribution in [2.24, 2.45) is 0 Å². The number of halogens is 1. The zero-order chi connectivity index (χ0) is 23.3. The molecule has 32 heavy (non-hydrogen) atoms. The van der Waals surface area contributed by atoms with E-state index in [2.05, 4.69) is 106 Å². The Morgan fingerprint density at radius 2 is 0.750 bits per heavy atom. The normalized spacial score (nSPS) is 11.0. The summed E-state index contributed by atoms with van der Waals surface area (Å²) in [5.41, 5.74) is 8.27. The molecule has 0 aliphatic heterocycles. The van der Waals surface area contributed by atoms with Gasteiger partial charge in [-0.2, -0.15) is 0 Å². The van der Waals surface area contributed by atoms with Gasteiger partial charge in [0.2, 0.25) is 0 Å². The van der Waals surface area contributed by atoms with E-state index in [0.717, 1.165) is 28.2 Å². The molecule has 0 saturated carbocycles. The minimum absolute atomic E-state index is 0.878. The van der Waals surface area contributed by atoms with Gasteiger partial charge in [-0.1, -0.05) is 65.2 Å². The minimum Gasteiger partial charge on any atom is -0.222 e. The molecule has 6 heteroatoms. The fourth-order valence-corrected chi connectivity index (χ4v) is 3.13. The third kappa shape index (κ3) is 6.99. The van der Waals surface area contributed by atoms with Crippen LogP contribution in [0, 0.1) is 31.0 Å². The van der Waals surface area contributed by atoms with Crippen molar-refractivity contribution >= 4 is 0 Å². The lowest BCUT2D eigenvalue weighted by atomic mass is 10.0. The molecule has 0 aliphatic rings. The highest BCUT2D eigenvalue weighted by atomic mass is 35.7. The van der Waals surface area contributed by atoms with Gasteiger partial charge in [0, 0.05) is 5.56 Å². The van der Waals surface area contributed by atoms with E-state index in [4.69, 9.17) is 23.1 Å². The minimum atomic E-state index is -4.94. The van der Waals surface area contributed by atoms with Crippen LogP contribution in [0.2, 0.25) is 0 Å². The average Bonchev–Trinajstić information content (AvgIpc) is 2.74. The summed E-state index contributed by atoms with van der Waals surface area (Å²) in [5.74, 6) is 1.76. The molecule has 4 aromatic rings. The molecule has 0 radical (unpaired) electrons. The summed E-state index contributed by atoms with van der Waals surface area (Å²) in [5, 5.41) is 0. The van der Waals surface area contributed by atoms with Crippen molar-refractivity contribution in [2.45, 2.75) is 20.8 Å². The molecule has 3 aromatic carbocycles. The maximum atomic E-state index is 8.49. The predicted molar refractivity (Wildman–Crippen MR) is 114 cm³/mol. The van der Waals surface area contributed by atoms with Crippen LogP contribution in [0.4, 0.5) is 0 Å². The Balaban J connectivity index is 0.000000523. The summed E-state index contributed by atoms with van der Waals surface area (Å²) in [6.07, 6.45) is 0. The zero-order valence-electron chi connectivity index (χ0n) is 18.0. The fraction of sp³-hybridized carbons (Fsp3) is 0.115. The molecule has 0 spiro atoms. The number of benzene rings is 3. The molecule has 5 nitrogen and oxygen atoms in total. The van der Waals surface area contributed by atoms with E-state index < -0.39 is 10.2 Å². The molecular weight excluding hydrogens is 428 g/mol. The number of hydrogen-bond donors (Lipinski definition) is 0. The molecule has 0 aliphatic carbocycles. The Kier molecular flexibility index (Phi) is 7.40. The summed E-state index contributed by atoms with van der Waals surface area (Å²) in [6, 6.07) is 29.8. The Hall–Kier alpha value is -3.06. The maximum Gasteiger partial charge on any atom is 0.361 e. The van der Waals surface area contributed by atoms with Crippen LogP contribution in [0.1, 0.15) is 16.7 Å². The first-order chi connectivity index (χ1) is 15.1. The molecular formula is C26H23ClO5. The van der Waals surface area contributed by atoms with Crippen LogP contribution in [0.25, 0.3) is 33.8 Å². The molecule has 1 heterocycles. The topological polar surface area (TPSA) is 104 Å². The average molecular weight is 451 g/mol. The van der Waals surface area contributed by atoms with Crippen molar-refractivity contribution in [2.75, 3.05) is 0 Å². The second-order valence-corrected chi connectivity index (χ2v) is 8.31. The highest BCUT2D eigenvalue weighted by Crippen LogP contribution is 2.33. The van der Waals surface area contributed by atoms with Crippen molar-refractivity contribution in [3.8, 4) is 33.8 Å². The predicted octanol–water partition coefficient (Wildman–Crippen LogP) is 2.73. The third-order valence-corrected chi connectivity index (χ3v) is 4.85. The van der Waals surface area contributed by atoms with Gasteiger partial charge in [0.15, 0.2) is 0 Å². The van der Waals surface area contributed by atoms with Gasteiger partial charge in [-0.3, -0.25) is 0 Å². The first-order valence-electron chi connectivity index (χ1n) is 9.89. The second-order valence-electron chi connectivity index (χ2n) is 7.55. The first kappa shape index (κ1) is 23.6. The van der Waals surface area contributed by atoms with E-state index in [0.29, 0.717) is 0 Å². The van der Waals surface area contributed by atoms with E-state index in [1.165, 1.54) is 22.3 Å². The fourth-order valence-electron chi connectivity index (χ4n) is 3.13. The Morgan fingerprint density at radius 3 is 1.06 bits per heavy atom. The Morgan fingerprint density at radius 1 is 0.469 bits per heavy atom. The Bertz CT molecular complexity index is 1000. The van der Waals surface area contributed by atoms with E-state index in [9.17, 15) is 0 Å². The van der Waals surface area contributed by atoms with Crippen molar-refractivity contribution in [1.82, 2.24) is 0 Å². The summed E-state index contributed by atoms with van der Waals surface area (Å²) < 4.78 is 40.3. The standard InChI is InChI=1S/C26H23O.ClHO4/c1-18-4-10-21(11-5-18)24-16-25(22-12-6-19(2)7-13-22)27-26(17-24)23-14-8-20(3)9-15-23;2-1(3,4)5/h4-17H,1-3H3;(H,2,3,4,5)/q+1;/p-1. The molecule has 0 unspecified atom stereocenters. The maximum absolute atomic E-state index is 8.49. The number of hydrogen-bond acceptors (Lipinski definition) is 4. The monoisotopic (exact) mass is 450 g/mol. The lowest BCUT2D eigenvalue weighted by molar-refractivity contribution is -2.00. The molecule has 0 bridgehead atoms. The number of aryl methyl sites for hydroxylation is 3. The van der Waals surface area contributed by atoms with E-state index >= 15 is 0 Å². The lowest BCUT2D eigenvalue weighted by Crippen LogP contribution is -2.68. The van der Waals surface area contributed by atoms with Gasteiger partial charge < -0.3 is 0 Å². The number of rotatable bonds is 3. The first-order valence-corrected chi connectivity index (χ1v) is 11.1. The van der Waals surface area contributed by atoms with Crippen LogP contribution >= 0.6 is 0 Å². The van der Waals surface area contributed by atoms with Crippen LogP contribution in [0.15, 0.2) is 89.3 Å². The quantitative estimate of drug-likeness (QED) is 0.446. The zero-order valence-corrected chi connectivity index (χ0v) is 18.8. The van der Waals surface area contributed by atoms with Gasteiger partial charge in [0.25, 0.3) is 0 Å². The van der Waals surface area contributed by atoms with Crippen molar-refractivity contribution in [3.63, 3.8) is 0 Å². The molecule has 4 rings (SSSR count). The molecule has 0 saturated heterocycles. The SMILES string of the molecule is Cc1ccc(-c2cc(-c3ccc(C)cc3)[o+]c(-c3ccc(C)cc3)c2)cc1.[O-][Cl+3]([O-])([O-])[O-]. The van der Waals surface area contributed by atoms with Gasteiger partial charge >= 0.3 is 11.5 Å². The van der Waals surface area contributed by atoms with Gasteiger partial charge in [0.05, 0.1) is 23.3 Å². The highest BCUT2D eigenvalue weighted by molar-refractivity contribution is 5.74. The van der Waals surface area contributed by atoms with Gasteiger partial charge in [-0.05, 0) is 50.6 Å². The molecule has 1 aromatic heterocycles.